The molecule has 1 aromatic rings. The van der Waals surface area contributed by atoms with Crippen LogP contribution in [0.2, 0.25) is 0 Å². The van der Waals surface area contributed by atoms with Gasteiger partial charge in [0.1, 0.15) is 11.5 Å². The highest BCUT2D eigenvalue weighted by molar-refractivity contribution is 5.97. The number of aromatic hydroxyl groups is 1. The Hall–Kier alpha value is -1.75. The summed E-state index contributed by atoms with van der Waals surface area (Å²) in [6.07, 6.45) is 0.929. The van der Waals surface area contributed by atoms with Gasteiger partial charge in [-0.1, -0.05) is 6.92 Å². The van der Waals surface area contributed by atoms with Crippen LogP contribution in [0.1, 0.15) is 23.7 Å². The summed E-state index contributed by atoms with van der Waals surface area (Å²) < 4.78 is 5.00. The van der Waals surface area contributed by atoms with Crippen molar-refractivity contribution in [3.05, 3.63) is 23.8 Å². The van der Waals surface area contributed by atoms with Crippen LogP contribution in [0, 0.1) is 5.92 Å². The zero-order valence-corrected chi connectivity index (χ0v) is 11.3. The molecule has 2 atom stereocenters. The molecule has 1 heterocycles. The van der Waals surface area contributed by atoms with Gasteiger partial charge < -0.3 is 20.5 Å². The Bertz CT molecular complexity index is 466. The summed E-state index contributed by atoms with van der Waals surface area (Å²) in [5.41, 5.74) is 6.23. The highest BCUT2D eigenvalue weighted by atomic mass is 16.5. The first-order chi connectivity index (χ1) is 9.01. The Morgan fingerprint density at radius 2 is 2.21 bits per heavy atom. The van der Waals surface area contributed by atoms with Gasteiger partial charge in [0.05, 0.1) is 12.7 Å². The van der Waals surface area contributed by atoms with E-state index in [1.54, 1.807) is 17.0 Å². The molecule has 104 valence electrons. The number of amides is 1. The van der Waals surface area contributed by atoms with Gasteiger partial charge in [-0.05, 0) is 24.5 Å². The van der Waals surface area contributed by atoms with Crippen molar-refractivity contribution in [2.45, 2.75) is 19.4 Å². The fraction of sp³-hybridized carbons (Fsp3) is 0.500. The lowest BCUT2D eigenvalue weighted by atomic mass is 9.96. The van der Waals surface area contributed by atoms with E-state index in [9.17, 15) is 9.90 Å². The molecule has 0 radical (unpaired) electrons. The number of nitrogens with zero attached hydrogens (tertiary/aromatic N) is 1. The van der Waals surface area contributed by atoms with Crippen LogP contribution >= 0.6 is 0 Å². The number of rotatable bonds is 2. The fourth-order valence-electron chi connectivity index (χ4n) is 2.56. The molecule has 1 aromatic carbocycles. The third-order valence-corrected chi connectivity index (χ3v) is 3.41. The average Bonchev–Trinajstić information content (AvgIpc) is 2.36. The molecule has 1 aliphatic heterocycles. The van der Waals surface area contributed by atoms with Crippen molar-refractivity contribution in [2.24, 2.45) is 11.7 Å². The van der Waals surface area contributed by atoms with Crippen LogP contribution in [0.4, 0.5) is 0 Å². The normalized spacial score (nSPS) is 23.2. The van der Waals surface area contributed by atoms with Gasteiger partial charge in [-0.3, -0.25) is 4.79 Å². The number of methoxy groups -OCH3 is 1. The summed E-state index contributed by atoms with van der Waals surface area (Å²) >= 11 is 0. The van der Waals surface area contributed by atoms with Crippen LogP contribution in [0.3, 0.4) is 0 Å². The molecular weight excluding hydrogens is 244 g/mol. The molecule has 0 aromatic heterocycles. The quantitative estimate of drug-likeness (QED) is 0.842. The first-order valence-electron chi connectivity index (χ1n) is 6.43. The average molecular weight is 264 g/mol. The van der Waals surface area contributed by atoms with Crippen molar-refractivity contribution >= 4 is 5.91 Å². The van der Waals surface area contributed by atoms with E-state index in [0.717, 1.165) is 6.42 Å². The maximum atomic E-state index is 12.4. The van der Waals surface area contributed by atoms with E-state index in [1.165, 1.54) is 13.2 Å². The molecule has 0 saturated carbocycles. The van der Waals surface area contributed by atoms with E-state index < -0.39 is 0 Å². The molecule has 1 aliphatic rings. The second-order valence-electron chi connectivity index (χ2n) is 5.19. The van der Waals surface area contributed by atoms with Crippen molar-refractivity contribution in [1.82, 2.24) is 4.90 Å². The number of piperidine rings is 1. The molecule has 5 nitrogen and oxygen atoms in total. The number of phenolic OH excluding ortho intramolecular Hbond substituents is 1. The minimum Gasteiger partial charge on any atom is -0.507 e. The summed E-state index contributed by atoms with van der Waals surface area (Å²) in [5, 5.41) is 9.90. The van der Waals surface area contributed by atoms with E-state index in [0.29, 0.717) is 30.3 Å². The first-order valence-corrected chi connectivity index (χ1v) is 6.43. The van der Waals surface area contributed by atoms with Crippen molar-refractivity contribution < 1.29 is 14.6 Å². The lowest BCUT2D eigenvalue weighted by Gasteiger charge is -2.34. The number of benzene rings is 1. The molecule has 1 fully saturated rings. The zero-order chi connectivity index (χ0) is 14.0. The minimum atomic E-state index is -0.179. The van der Waals surface area contributed by atoms with Gasteiger partial charge in [0.2, 0.25) is 0 Å². The molecule has 0 spiro atoms. The molecule has 5 heteroatoms. The highest BCUT2D eigenvalue weighted by Gasteiger charge is 2.27. The first kappa shape index (κ1) is 13.7. The monoisotopic (exact) mass is 264 g/mol. The number of nitrogens with two attached hydrogens (primary N) is 1. The molecule has 2 rings (SSSR count). The number of carbonyl (C=O) groups excluding carboxylic acids is 1. The second-order valence-corrected chi connectivity index (χ2v) is 5.19. The molecule has 1 amide bonds. The van der Waals surface area contributed by atoms with Gasteiger partial charge in [-0.15, -0.1) is 0 Å². The molecule has 19 heavy (non-hydrogen) atoms. The number of phenols is 1. The van der Waals surface area contributed by atoms with Crippen LogP contribution < -0.4 is 10.5 Å². The molecule has 0 bridgehead atoms. The molecule has 0 aliphatic carbocycles. The Balaban J connectivity index is 2.19. The zero-order valence-electron chi connectivity index (χ0n) is 11.3. The largest absolute Gasteiger partial charge is 0.507 e. The lowest BCUT2D eigenvalue weighted by molar-refractivity contribution is 0.0658. The number of hydrogen-bond acceptors (Lipinski definition) is 4. The van der Waals surface area contributed by atoms with Crippen LogP contribution in [-0.4, -0.2) is 42.2 Å². The van der Waals surface area contributed by atoms with E-state index in [4.69, 9.17) is 10.5 Å². The van der Waals surface area contributed by atoms with Crippen molar-refractivity contribution in [1.29, 1.82) is 0 Å². The standard InChI is InChI=1S/C14H20N2O3/c1-9-5-10(15)8-16(7-9)14(18)12-4-3-11(19-2)6-13(12)17/h3-4,6,9-10,17H,5,7-8,15H2,1-2H3. The van der Waals surface area contributed by atoms with Crippen LogP contribution in [0.25, 0.3) is 0 Å². The SMILES string of the molecule is COc1ccc(C(=O)N2CC(C)CC(N)C2)c(O)c1. The number of ether oxygens (including phenoxy) is 1. The number of hydrogen-bond donors (Lipinski definition) is 2. The third kappa shape index (κ3) is 2.98. The molecular formula is C14H20N2O3. The number of carbonyl (C=O) groups is 1. The summed E-state index contributed by atoms with van der Waals surface area (Å²) in [4.78, 5) is 14.1. The number of likely N-dealkylation sites (tertiary alicyclic amines) is 1. The summed E-state index contributed by atoms with van der Waals surface area (Å²) in [7, 11) is 1.52. The van der Waals surface area contributed by atoms with Gasteiger partial charge in [-0.25, -0.2) is 0 Å². The summed E-state index contributed by atoms with van der Waals surface area (Å²) in [6, 6.07) is 4.70. The third-order valence-electron chi connectivity index (χ3n) is 3.41. The second kappa shape index (κ2) is 5.48. The Labute approximate surface area is 113 Å². The maximum Gasteiger partial charge on any atom is 0.257 e. The highest BCUT2D eigenvalue weighted by Crippen LogP contribution is 2.26. The fourth-order valence-corrected chi connectivity index (χ4v) is 2.56. The Kier molecular flexibility index (Phi) is 3.95. The van der Waals surface area contributed by atoms with E-state index in [-0.39, 0.29) is 17.7 Å². The molecule has 3 N–H and O–H groups in total. The molecule has 2 unspecified atom stereocenters. The van der Waals surface area contributed by atoms with Crippen molar-refractivity contribution in [3.8, 4) is 11.5 Å². The smallest absolute Gasteiger partial charge is 0.257 e. The minimum absolute atomic E-state index is 0.00749. The van der Waals surface area contributed by atoms with Crippen LogP contribution in [0.15, 0.2) is 18.2 Å². The van der Waals surface area contributed by atoms with Crippen molar-refractivity contribution in [3.63, 3.8) is 0 Å². The topological polar surface area (TPSA) is 75.8 Å². The van der Waals surface area contributed by atoms with Crippen LogP contribution in [0.5, 0.6) is 11.5 Å². The van der Waals surface area contributed by atoms with Gasteiger partial charge in [0, 0.05) is 25.2 Å². The maximum absolute atomic E-state index is 12.4. The van der Waals surface area contributed by atoms with Gasteiger partial charge in [0.25, 0.3) is 5.91 Å². The van der Waals surface area contributed by atoms with Crippen molar-refractivity contribution in [2.75, 3.05) is 20.2 Å². The molecule has 1 saturated heterocycles. The summed E-state index contributed by atoms with van der Waals surface area (Å²) in [5.74, 6) is 0.671. The summed E-state index contributed by atoms with van der Waals surface area (Å²) in [6.45, 7) is 3.29. The predicted octanol–water partition coefficient (Wildman–Crippen LogP) is 1.21. The van der Waals surface area contributed by atoms with E-state index in [2.05, 4.69) is 6.92 Å². The predicted molar refractivity (Wildman–Crippen MR) is 72.3 cm³/mol. The van der Waals surface area contributed by atoms with Gasteiger partial charge in [-0.2, -0.15) is 0 Å². The van der Waals surface area contributed by atoms with Gasteiger partial charge >= 0.3 is 0 Å². The van der Waals surface area contributed by atoms with Gasteiger partial charge in [0.15, 0.2) is 0 Å². The lowest BCUT2D eigenvalue weighted by Crippen LogP contribution is -2.48. The Morgan fingerprint density at radius 3 is 2.79 bits per heavy atom. The van der Waals surface area contributed by atoms with E-state index >= 15 is 0 Å². The van der Waals surface area contributed by atoms with Crippen LogP contribution in [-0.2, 0) is 0 Å². The Morgan fingerprint density at radius 1 is 1.47 bits per heavy atom. The van der Waals surface area contributed by atoms with E-state index in [1.807, 2.05) is 0 Å².